The molecule has 4 amide bonds. The van der Waals surface area contributed by atoms with Gasteiger partial charge in [0.2, 0.25) is 0 Å². The molecule has 1 aromatic heterocycles. The van der Waals surface area contributed by atoms with Crippen LogP contribution >= 0.6 is 11.6 Å². The van der Waals surface area contributed by atoms with Crippen LogP contribution in [0.2, 0.25) is 5.15 Å². The number of pyridine rings is 1. The van der Waals surface area contributed by atoms with Crippen LogP contribution in [0.4, 0.5) is 10.5 Å². The van der Waals surface area contributed by atoms with Crippen LogP contribution in [0.3, 0.4) is 0 Å². The predicted molar refractivity (Wildman–Crippen MR) is 106 cm³/mol. The number of hydrogen-bond acceptors (Lipinski definition) is 5. The van der Waals surface area contributed by atoms with Crippen LogP contribution in [0.5, 0.6) is 5.75 Å². The number of anilines is 1. The summed E-state index contributed by atoms with van der Waals surface area (Å²) in [4.78, 5) is 44.9. The number of rotatable bonds is 4. The number of nitrogens with zero attached hydrogens (tertiary/aromatic N) is 3. The van der Waals surface area contributed by atoms with Gasteiger partial charge in [0, 0.05) is 30.4 Å². The number of carbonyl (C=O) groups excluding carboxylic acids is 3. The molecule has 1 N–H and O–H groups in total. The summed E-state index contributed by atoms with van der Waals surface area (Å²) >= 11 is 5.84. The van der Waals surface area contributed by atoms with Crippen molar-refractivity contribution in [3.63, 3.8) is 0 Å². The maximum atomic E-state index is 13.0. The Bertz CT molecular complexity index is 982. The minimum absolute atomic E-state index is 0.224. The SMILES string of the molecule is COc1cccc(N2C(=O)[C@@H]3C[C@@H](NC(=O)c4ccnc(Cl)c4)CCN3C2=O)c1. The highest BCUT2D eigenvalue weighted by Crippen LogP contribution is 2.32. The number of imide groups is 1. The van der Waals surface area contributed by atoms with E-state index < -0.39 is 6.04 Å². The van der Waals surface area contributed by atoms with Gasteiger partial charge in [-0.05, 0) is 37.1 Å². The highest BCUT2D eigenvalue weighted by Gasteiger charge is 2.48. The van der Waals surface area contributed by atoms with Crippen molar-refractivity contribution in [1.82, 2.24) is 15.2 Å². The van der Waals surface area contributed by atoms with E-state index in [0.717, 1.165) is 0 Å². The minimum atomic E-state index is -0.603. The van der Waals surface area contributed by atoms with E-state index in [1.807, 2.05) is 0 Å². The third-order valence-electron chi connectivity index (χ3n) is 5.18. The zero-order valence-corrected chi connectivity index (χ0v) is 16.4. The Morgan fingerprint density at radius 2 is 2.10 bits per heavy atom. The average Bonchev–Trinajstić information content (AvgIpc) is 2.98. The highest BCUT2D eigenvalue weighted by atomic mass is 35.5. The number of halogens is 1. The Kier molecular flexibility index (Phi) is 5.10. The van der Waals surface area contributed by atoms with Crippen LogP contribution < -0.4 is 15.0 Å². The quantitative estimate of drug-likeness (QED) is 0.613. The minimum Gasteiger partial charge on any atom is -0.497 e. The van der Waals surface area contributed by atoms with Crippen molar-refractivity contribution in [2.24, 2.45) is 0 Å². The average molecular weight is 415 g/mol. The number of amides is 4. The van der Waals surface area contributed by atoms with E-state index in [1.165, 1.54) is 24.3 Å². The zero-order chi connectivity index (χ0) is 20.5. The van der Waals surface area contributed by atoms with Crippen LogP contribution in [-0.2, 0) is 4.79 Å². The predicted octanol–water partition coefficient (Wildman–Crippen LogP) is 2.47. The van der Waals surface area contributed by atoms with Crippen LogP contribution in [-0.4, -0.2) is 53.5 Å². The molecule has 0 spiro atoms. The van der Waals surface area contributed by atoms with Crippen LogP contribution in [0, 0.1) is 0 Å². The molecule has 2 aliphatic rings. The van der Waals surface area contributed by atoms with Crippen molar-refractivity contribution in [1.29, 1.82) is 0 Å². The lowest BCUT2D eigenvalue weighted by molar-refractivity contribution is -0.120. The van der Waals surface area contributed by atoms with E-state index in [4.69, 9.17) is 16.3 Å². The molecule has 4 rings (SSSR count). The monoisotopic (exact) mass is 414 g/mol. The fourth-order valence-corrected chi connectivity index (χ4v) is 3.90. The molecule has 150 valence electrons. The number of fused-ring (bicyclic) bond motifs is 1. The van der Waals surface area contributed by atoms with Crippen molar-refractivity contribution in [3.05, 3.63) is 53.3 Å². The molecular formula is C20H19ClN4O4. The number of urea groups is 1. The van der Waals surface area contributed by atoms with Crippen molar-refractivity contribution in [2.45, 2.75) is 24.9 Å². The van der Waals surface area contributed by atoms with E-state index in [1.54, 1.807) is 35.2 Å². The van der Waals surface area contributed by atoms with Crippen molar-refractivity contribution >= 4 is 35.1 Å². The van der Waals surface area contributed by atoms with Crippen LogP contribution in [0.1, 0.15) is 23.2 Å². The summed E-state index contributed by atoms with van der Waals surface area (Å²) in [6, 6.07) is 8.72. The summed E-state index contributed by atoms with van der Waals surface area (Å²) in [5.41, 5.74) is 0.875. The van der Waals surface area contributed by atoms with Gasteiger partial charge in [-0.15, -0.1) is 0 Å². The lowest BCUT2D eigenvalue weighted by atomic mass is 9.97. The lowest BCUT2D eigenvalue weighted by Crippen LogP contribution is -2.49. The Morgan fingerprint density at radius 1 is 1.28 bits per heavy atom. The molecule has 1 aromatic carbocycles. The van der Waals surface area contributed by atoms with Crippen molar-refractivity contribution < 1.29 is 19.1 Å². The van der Waals surface area contributed by atoms with Gasteiger partial charge < -0.3 is 15.0 Å². The number of nitrogens with one attached hydrogen (secondary N) is 1. The molecule has 0 saturated carbocycles. The standard InChI is InChI=1S/C20H19ClN4O4/c1-29-15-4-2-3-14(11-15)25-19(27)16-10-13(6-8-24(16)20(25)28)23-18(26)12-5-7-22-17(21)9-12/h2-5,7,9,11,13,16H,6,8,10H2,1H3,(H,23,26)/t13-,16-/m0/s1. The van der Waals surface area contributed by atoms with E-state index in [0.29, 0.717) is 36.4 Å². The van der Waals surface area contributed by atoms with Crippen molar-refractivity contribution in [3.8, 4) is 5.75 Å². The second-order valence-electron chi connectivity index (χ2n) is 6.93. The second-order valence-corrected chi connectivity index (χ2v) is 7.32. The Hall–Kier alpha value is -3.13. The van der Waals surface area contributed by atoms with Gasteiger partial charge in [0.15, 0.2) is 0 Å². The number of aromatic nitrogens is 1. The Morgan fingerprint density at radius 3 is 2.86 bits per heavy atom. The van der Waals surface area contributed by atoms with Gasteiger partial charge in [-0.3, -0.25) is 9.59 Å². The molecule has 8 nitrogen and oxygen atoms in total. The first-order chi connectivity index (χ1) is 14.0. The summed E-state index contributed by atoms with van der Waals surface area (Å²) in [6.07, 6.45) is 2.38. The number of methoxy groups -OCH3 is 1. The van der Waals surface area contributed by atoms with Gasteiger partial charge in [0.05, 0.1) is 12.8 Å². The number of hydrogen-bond donors (Lipinski definition) is 1. The Balaban J connectivity index is 1.48. The number of piperidine rings is 1. The summed E-state index contributed by atoms with van der Waals surface area (Å²) < 4.78 is 5.19. The maximum absolute atomic E-state index is 13.0. The molecule has 9 heteroatoms. The molecule has 29 heavy (non-hydrogen) atoms. The normalized spacial score (nSPS) is 21.2. The molecule has 0 aliphatic carbocycles. The van der Waals surface area contributed by atoms with Gasteiger partial charge >= 0.3 is 6.03 Å². The van der Waals surface area contributed by atoms with Gasteiger partial charge in [-0.1, -0.05) is 17.7 Å². The summed E-state index contributed by atoms with van der Waals surface area (Å²) in [5, 5.41) is 3.16. The fraction of sp³-hybridized carbons (Fsp3) is 0.300. The highest BCUT2D eigenvalue weighted by molar-refractivity contribution is 6.29. The second kappa shape index (κ2) is 7.71. The number of ether oxygens (including phenoxy) is 1. The Labute approximate surface area is 172 Å². The zero-order valence-electron chi connectivity index (χ0n) is 15.7. The topological polar surface area (TPSA) is 91.8 Å². The molecule has 2 aliphatic heterocycles. The van der Waals surface area contributed by atoms with E-state index >= 15 is 0 Å². The fourth-order valence-electron chi connectivity index (χ4n) is 3.73. The van der Waals surface area contributed by atoms with Crippen LogP contribution in [0.25, 0.3) is 0 Å². The molecule has 0 radical (unpaired) electrons. The van der Waals surface area contributed by atoms with E-state index in [2.05, 4.69) is 10.3 Å². The number of carbonyl (C=O) groups is 3. The molecule has 2 saturated heterocycles. The first-order valence-corrected chi connectivity index (χ1v) is 9.57. The largest absolute Gasteiger partial charge is 0.497 e. The molecule has 2 atom stereocenters. The first kappa shape index (κ1) is 19.2. The molecule has 0 bridgehead atoms. The molecular weight excluding hydrogens is 396 g/mol. The molecule has 3 heterocycles. The van der Waals surface area contributed by atoms with Crippen LogP contribution in [0.15, 0.2) is 42.6 Å². The van der Waals surface area contributed by atoms with Gasteiger partial charge in [-0.2, -0.15) is 0 Å². The van der Waals surface area contributed by atoms with Gasteiger partial charge in [0.1, 0.15) is 16.9 Å². The lowest BCUT2D eigenvalue weighted by Gasteiger charge is -2.32. The third-order valence-corrected chi connectivity index (χ3v) is 5.39. The number of benzene rings is 1. The van der Waals surface area contributed by atoms with Gasteiger partial charge in [0.25, 0.3) is 11.8 Å². The van der Waals surface area contributed by atoms with E-state index in [9.17, 15) is 14.4 Å². The summed E-state index contributed by atoms with van der Waals surface area (Å²) in [7, 11) is 1.53. The van der Waals surface area contributed by atoms with E-state index in [-0.39, 0.29) is 29.0 Å². The van der Waals surface area contributed by atoms with Crippen molar-refractivity contribution in [2.75, 3.05) is 18.6 Å². The molecule has 2 fully saturated rings. The van der Waals surface area contributed by atoms with Gasteiger partial charge in [-0.25, -0.2) is 14.7 Å². The molecule has 2 aromatic rings. The summed E-state index contributed by atoms with van der Waals surface area (Å²) in [5.74, 6) is -0.0162. The maximum Gasteiger partial charge on any atom is 0.332 e. The smallest absolute Gasteiger partial charge is 0.332 e. The third kappa shape index (κ3) is 3.63. The summed E-state index contributed by atoms with van der Waals surface area (Å²) in [6.45, 7) is 0.387. The molecule has 0 unspecified atom stereocenters. The first-order valence-electron chi connectivity index (χ1n) is 9.19.